The molecule has 1 aromatic rings. The third-order valence-corrected chi connectivity index (χ3v) is 6.17. The molecule has 1 aromatic heterocycles. The lowest BCUT2D eigenvalue weighted by molar-refractivity contribution is 0.257. The van der Waals surface area contributed by atoms with E-state index in [1.165, 1.54) is 6.42 Å². The van der Waals surface area contributed by atoms with Crippen LogP contribution < -0.4 is 5.73 Å². The molecule has 114 valence electrons. The van der Waals surface area contributed by atoms with E-state index in [0.29, 0.717) is 29.4 Å². The maximum atomic E-state index is 12.9. The average molecular weight is 300 g/mol. The number of aromatic amines is 1. The molecule has 0 bridgehead atoms. The molecule has 0 radical (unpaired) electrons. The van der Waals surface area contributed by atoms with Gasteiger partial charge in [-0.1, -0.05) is 19.3 Å². The minimum absolute atomic E-state index is 0.0750. The Hall–Kier alpha value is -0.920. The Bertz CT molecular complexity index is 527. The van der Waals surface area contributed by atoms with Crippen molar-refractivity contribution in [3.05, 3.63) is 11.4 Å². The highest BCUT2D eigenvalue weighted by Gasteiger charge is 2.34. The number of aromatic nitrogens is 2. The average Bonchev–Trinajstić information content (AvgIpc) is 2.77. The van der Waals surface area contributed by atoms with Crippen LogP contribution in [0.2, 0.25) is 0 Å². The normalized spacial score (nSPS) is 17.8. The Morgan fingerprint density at radius 2 is 1.95 bits per heavy atom. The first-order valence-electron chi connectivity index (χ1n) is 7.22. The first-order valence-corrected chi connectivity index (χ1v) is 8.66. The lowest BCUT2D eigenvalue weighted by Gasteiger charge is -2.33. The fourth-order valence-electron chi connectivity index (χ4n) is 3.03. The van der Waals surface area contributed by atoms with Crippen molar-refractivity contribution in [3.8, 4) is 0 Å². The SMILES string of the molecule is Cc1n[nH]c(C)c1S(=O)(=O)N(CCN)C1CCCCC1. The van der Waals surface area contributed by atoms with Gasteiger partial charge in [-0.05, 0) is 26.7 Å². The molecule has 0 saturated heterocycles. The van der Waals surface area contributed by atoms with Crippen LogP contribution in [0.4, 0.5) is 0 Å². The van der Waals surface area contributed by atoms with Crippen LogP contribution in [0.1, 0.15) is 43.5 Å². The van der Waals surface area contributed by atoms with E-state index in [4.69, 9.17) is 5.73 Å². The summed E-state index contributed by atoms with van der Waals surface area (Å²) in [7, 11) is -3.52. The van der Waals surface area contributed by atoms with Gasteiger partial charge >= 0.3 is 0 Å². The second-order valence-electron chi connectivity index (χ2n) is 5.46. The highest BCUT2D eigenvalue weighted by Crippen LogP contribution is 2.29. The molecular formula is C13H24N4O2S. The number of sulfonamides is 1. The van der Waals surface area contributed by atoms with Crippen molar-refractivity contribution in [3.63, 3.8) is 0 Å². The molecule has 1 saturated carbocycles. The predicted molar refractivity (Wildman–Crippen MR) is 77.9 cm³/mol. The molecule has 1 heterocycles. The fourth-order valence-corrected chi connectivity index (χ4v) is 5.07. The van der Waals surface area contributed by atoms with Gasteiger partial charge in [0, 0.05) is 19.1 Å². The van der Waals surface area contributed by atoms with Gasteiger partial charge in [-0.2, -0.15) is 9.40 Å². The van der Waals surface area contributed by atoms with E-state index in [1.54, 1.807) is 18.2 Å². The molecule has 0 spiro atoms. The lowest BCUT2D eigenvalue weighted by Crippen LogP contribution is -2.44. The maximum Gasteiger partial charge on any atom is 0.247 e. The summed E-state index contributed by atoms with van der Waals surface area (Å²) in [4.78, 5) is 0.316. The predicted octanol–water partition coefficient (Wildman–Crippen LogP) is 1.31. The third-order valence-electron chi connectivity index (χ3n) is 3.96. The Labute approximate surface area is 120 Å². The van der Waals surface area contributed by atoms with Crippen LogP contribution in [-0.2, 0) is 10.0 Å². The van der Waals surface area contributed by atoms with Gasteiger partial charge in [0.25, 0.3) is 0 Å². The minimum atomic E-state index is -3.52. The summed E-state index contributed by atoms with van der Waals surface area (Å²) in [6.07, 6.45) is 5.22. The van der Waals surface area contributed by atoms with Crippen molar-refractivity contribution < 1.29 is 8.42 Å². The van der Waals surface area contributed by atoms with E-state index in [1.807, 2.05) is 0 Å². The van der Waals surface area contributed by atoms with Gasteiger partial charge in [-0.25, -0.2) is 8.42 Å². The summed E-state index contributed by atoms with van der Waals surface area (Å²) >= 11 is 0. The zero-order valence-corrected chi connectivity index (χ0v) is 13.0. The highest BCUT2D eigenvalue weighted by atomic mass is 32.2. The van der Waals surface area contributed by atoms with Crippen LogP contribution in [0.15, 0.2) is 4.90 Å². The van der Waals surface area contributed by atoms with Crippen molar-refractivity contribution in [2.45, 2.75) is 56.9 Å². The van der Waals surface area contributed by atoms with Gasteiger partial charge in [0.05, 0.1) is 11.4 Å². The number of aryl methyl sites for hydroxylation is 2. The molecule has 6 nitrogen and oxygen atoms in total. The largest absolute Gasteiger partial charge is 0.329 e. The minimum Gasteiger partial charge on any atom is -0.329 e. The van der Waals surface area contributed by atoms with Gasteiger partial charge in [0.2, 0.25) is 10.0 Å². The van der Waals surface area contributed by atoms with Crippen LogP contribution >= 0.6 is 0 Å². The summed E-state index contributed by atoms with van der Waals surface area (Å²) in [5, 5.41) is 6.76. The maximum absolute atomic E-state index is 12.9. The summed E-state index contributed by atoms with van der Waals surface area (Å²) in [5.41, 5.74) is 6.76. The van der Waals surface area contributed by atoms with Crippen LogP contribution in [0.25, 0.3) is 0 Å². The molecule has 2 rings (SSSR count). The van der Waals surface area contributed by atoms with E-state index in [-0.39, 0.29) is 6.04 Å². The van der Waals surface area contributed by atoms with E-state index < -0.39 is 10.0 Å². The summed E-state index contributed by atoms with van der Waals surface area (Å²) < 4.78 is 27.5. The molecular weight excluding hydrogens is 276 g/mol. The van der Waals surface area contributed by atoms with Crippen molar-refractivity contribution in [2.75, 3.05) is 13.1 Å². The molecule has 7 heteroatoms. The first-order chi connectivity index (χ1) is 9.48. The van der Waals surface area contributed by atoms with Gasteiger partial charge in [0.15, 0.2) is 0 Å². The van der Waals surface area contributed by atoms with Gasteiger partial charge in [-0.15, -0.1) is 0 Å². The molecule has 0 aliphatic heterocycles. The third kappa shape index (κ3) is 2.89. The van der Waals surface area contributed by atoms with Gasteiger partial charge < -0.3 is 5.73 Å². The van der Waals surface area contributed by atoms with Gasteiger partial charge in [-0.3, -0.25) is 5.10 Å². The number of nitrogens with zero attached hydrogens (tertiary/aromatic N) is 2. The molecule has 3 N–H and O–H groups in total. The Balaban J connectivity index is 2.36. The lowest BCUT2D eigenvalue weighted by atomic mass is 9.95. The molecule has 0 atom stereocenters. The van der Waals surface area contributed by atoms with E-state index >= 15 is 0 Å². The number of nitrogens with two attached hydrogens (primary N) is 1. The second-order valence-corrected chi connectivity index (χ2v) is 7.29. The van der Waals surface area contributed by atoms with Crippen LogP contribution in [-0.4, -0.2) is 42.1 Å². The van der Waals surface area contributed by atoms with Crippen LogP contribution in [0, 0.1) is 13.8 Å². The van der Waals surface area contributed by atoms with E-state index in [2.05, 4.69) is 10.2 Å². The Kier molecular flexibility index (Phi) is 4.82. The molecule has 1 aliphatic rings. The zero-order valence-electron chi connectivity index (χ0n) is 12.2. The summed E-state index contributed by atoms with van der Waals surface area (Å²) in [5.74, 6) is 0. The Morgan fingerprint density at radius 1 is 1.30 bits per heavy atom. The number of nitrogens with one attached hydrogen (secondary N) is 1. The standard InChI is InChI=1S/C13H24N4O2S/c1-10-13(11(2)16-15-10)20(18,19)17(9-8-14)12-6-4-3-5-7-12/h12H,3-9,14H2,1-2H3,(H,15,16). The molecule has 1 aliphatic carbocycles. The quantitative estimate of drug-likeness (QED) is 0.857. The molecule has 0 amide bonds. The molecule has 0 unspecified atom stereocenters. The van der Waals surface area contributed by atoms with E-state index in [9.17, 15) is 8.42 Å². The number of hydrogen-bond donors (Lipinski definition) is 2. The first kappa shape index (κ1) is 15.5. The van der Waals surface area contributed by atoms with Crippen molar-refractivity contribution >= 4 is 10.0 Å². The number of H-pyrrole nitrogens is 1. The molecule has 0 aromatic carbocycles. The van der Waals surface area contributed by atoms with Crippen molar-refractivity contribution in [1.82, 2.24) is 14.5 Å². The molecule has 1 fully saturated rings. The summed E-state index contributed by atoms with van der Waals surface area (Å²) in [6, 6.07) is 0.0750. The smallest absolute Gasteiger partial charge is 0.247 e. The van der Waals surface area contributed by atoms with Crippen LogP contribution in [0.3, 0.4) is 0 Å². The Morgan fingerprint density at radius 3 is 2.45 bits per heavy atom. The number of rotatable bonds is 5. The molecule has 20 heavy (non-hydrogen) atoms. The van der Waals surface area contributed by atoms with Crippen molar-refractivity contribution in [1.29, 1.82) is 0 Å². The van der Waals surface area contributed by atoms with E-state index in [0.717, 1.165) is 25.7 Å². The topological polar surface area (TPSA) is 92.1 Å². The summed E-state index contributed by atoms with van der Waals surface area (Å²) in [6.45, 7) is 4.18. The zero-order chi connectivity index (χ0) is 14.8. The number of hydrogen-bond acceptors (Lipinski definition) is 4. The van der Waals surface area contributed by atoms with Crippen LogP contribution in [0.5, 0.6) is 0 Å². The highest BCUT2D eigenvalue weighted by molar-refractivity contribution is 7.89. The fraction of sp³-hybridized carbons (Fsp3) is 0.769. The second kappa shape index (κ2) is 6.24. The van der Waals surface area contributed by atoms with Crippen molar-refractivity contribution in [2.24, 2.45) is 5.73 Å². The monoisotopic (exact) mass is 300 g/mol. The van der Waals surface area contributed by atoms with Gasteiger partial charge in [0.1, 0.15) is 4.90 Å².